The maximum Gasteiger partial charge on any atom is 0.196 e. The van der Waals surface area contributed by atoms with Crippen LogP contribution in [-0.4, -0.2) is 21.4 Å². The molecule has 0 saturated carbocycles. The van der Waals surface area contributed by atoms with Gasteiger partial charge in [0.05, 0.1) is 6.61 Å². The van der Waals surface area contributed by atoms with Gasteiger partial charge < -0.3 is 4.74 Å². The molecule has 4 rings (SSSR count). The monoisotopic (exact) mass is 419 g/mol. The van der Waals surface area contributed by atoms with Gasteiger partial charge in [0.1, 0.15) is 17.4 Å². The summed E-state index contributed by atoms with van der Waals surface area (Å²) in [6, 6.07) is 24.7. The number of rotatable bonds is 8. The number of nitrogens with zero attached hydrogens (tertiary/aromatic N) is 3. The van der Waals surface area contributed by atoms with E-state index in [-0.39, 0.29) is 5.82 Å². The average molecular weight is 420 g/mol. The first kappa shape index (κ1) is 20.2. The third-order valence-corrected chi connectivity index (χ3v) is 5.59. The van der Waals surface area contributed by atoms with Crippen molar-refractivity contribution in [3.63, 3.8) is 0 Å². The van der Waals surface area contributed by atoms with E-state index in [1.54, 1.807) is 23.9 Å². The Kier molecular flexibility index (Phi) is 6.44. The molecule has 1 heterocycles. The quantitative estimate of drug-likeness (QED) is 0.344. The van der Waals surface area contributed by atoms with Crippen LogP contribution in [0.5, 0.6) is 5.75 Å². The maximum absolute atomic E-state index is 13.2. The summed E-state index contributed by atoms with van der Waals surface area (Å²) in [5.41, 5.74) is 3.19. The van der Waals surface area contributed by atoms with Gasteiger partial charge >= 0.3 is 0 Å². The van der Waals surface area contributed by atoms with E-state index < -0.39 is 0 Å². The second-order valence-corrected chi connectivity index (χ2v) is 7.68. The first-order chi connectivity index (χ1) is 14.7. The van der Waals surface area contributed by atoms with Gasteiger partial charge in [-0.1, -0.05) is 54.2 Å². The van der Waals surface area contributed by atoms with E-state index in [1.165, 1.54) is 17.7 Å². The molecule has 1 aromatic heterocycles. The summed E-state index contributed by atoms with van der Waals surface area (Å²) in [6.07, 6.45) is 0.679. The van der Waals surface area contributed by atoms with Crippen LogP contribution in [0.15, 0.2) is 84.0 Å². The molecule has 6 heteroatoms. The molecule has 0 aliphatic heterocycles. The molecule has 0 bridgehead atoms. The Hall–Kier alpha value is -3.12. The maximum atomic E-state index is 13.2. The largest absolute Gasteiger partial charge is 0.494 e. The van der Waals surface area contributed by atoms with Gasteiger partial charge in [0.15, 0.2) is 5.16 Å². The minimum atomic E-state index is -0.230. The van der Waals surface area contributed by atoms with Crippen molar-refractivity contribution < 1.29 is 9.13 Å². The van der Waals surface area contributed by atoms with Crippen LogP contribution in [-0.2, 0) is 12.2 Å². The molecule has 0 aliphatic rings. The molecule has 0 amide bonds. The van der Waals surface area contributed by atoms with E-state index >= 15 is 0 Å². The van der Waals surface area contributed by atoms with Crippen molar-refractivity contribution >= 4 is 11.8 Å². The van der Waals surface area contributed by atoms with Gasteiger partial charge in [0, 0.05) is 17.9 Å². The standard InChI is InChI=1S/C24H22FN3OS/c1-2-29-22-14-12-21(13-15-22)28-23(16-18-6-4-3-5-7-18)26-27-24(28)30-17-19-8-10-20(25)11-9-19/h3-15H,2,16-17H2,1H3. The molecule has 0 saturated heterocycles. The molecule has 0 aliphatic carbocycles. The highest BCUT2D eigenvalue weighted by molar-refractivity contribution is 7.98. The smallest absolute Gasteiger partial charge is 0.196 e. The summed E-state index contributed by atoms with van der Waals surface area (Å²) in [4.78, 5) is 0. The zero-order chi connectivity index (χ0) is 20.8. The summed E-state index contributed by atoms with van der Waals surface area (Å²) in [5, 5.41) is 9.72. The van der Waals surface area contributed by atoms with Gasteiger partial charge in [-0.3, -0.25) is 4.57 Å². The van der Waals surface area contributed by atoms with Gasteiger partial charge in [0.2, 0.25) is 0 Å². The number of ether oxygens (including phenoxy) is 1. The molecule has 0 spiro atoms. The van der Waals surface area contributed by atoms with Crippen molar-refractivity contribution in [1.29, 1.82) is 0 Å². The molecule has 4 aromatic rings. The summed E-state index contributed by atoms with van der Waals surface area (Å²) in [5.74, 6) is 2.15. The molecule has 0 atom stereocenters. The van der Waals surface area contributed by atoms with Gasteiger partial charge in [-0.05, 0) is 54.4 Å². The fourth-order valence-electron chi connectivity index (χ4n) is 3.13. The predicted octanol–water partition coefficient (Wildman–Crippen LogP) is 5.69. The Morgan fingerprint density at radius 1 is 0.867 bits per heavy atom. The first-order valence-electron chi connectivity index (χ1n) is 9.81. The van der Waals surface area contributed by atoms with Crippen molar-refractivity contribution in [3.8, 4) is 11.4 Å². The summed E-state index contributed by atoms with van der Waals surface area (Å²) >= 11 is 1.58. The Labute approximate surface area is 179 Å². The summed E-state index contributed by atoms with van der Waals surface area (Å²) < 4.78 is 20.8. The van der Waals surface area contributed by atoms with Crippen molar-refractivity contribution in [1.82, 2.24) is 14.8 Å². The zero-order valence-corrected chi connectivity index (χ0v) is 17.5. The molecule has 30 heavy (non-hydrogen) atoms. The Morgan fingerprint density at radius 3 is 2.30 bits per heavy atom. The minimum absolute atomic E-state index is 0.230. The predicted molar refractivity (Wildman–Crippen MR) is 118 cm³/mol. The molecular formula is C24H22FN3OS. The highest BCUT2D eigenvalue weighted by atomic mass is 32.2. The first-order valence-corrected chi connectivity index (χ1v) is 10.8. The number of hydrogen-bond acceptors (Lipinski definition) is 4. The van der Waals surface area contributed by atoms with Crippen LogP contribution < -0.4 is 4.74 Å². The lowest BCUT2D eigenvalue weighted by atomic mass is 10.1. The third kappa shape index (κ3) is 4.89. The van der Waals surface area contributed by atoms with Crippen LogP contribution in [0.3, 0.4) is 0 Å². The average Bonchev–Trinajstić information content (AvgIpc) is 3.17. The fraction of sp³-hybridized carbons (Fsp3) is 0.167. The van der Waals surface area contributed by atoms with E-state index in [0.717, 1.165) is 28.0 Å². The topological polar surface area (TPSA) is 39.9 Å². The second kappa shape index (κ2) is 9.59. The van der Waals surface area contributed by atoms with Gasteiger partial charge in [-0.15, -0.1) is 10.2 Å². The highest BCUT2D eigenvalue weighted by Gasteiger charge is 2.15. The van der Waals surface area contributed by atoms with Crippen LogP contribution in [0.25, 0.3) is 5.69 Å². The van der Waals surface area contributed by atoms with Crippen LogP contribution in [0, 0.1) is 5.82 Å². The zero-order valence-electron chi connectivity index (χ0n) is 16.7. The summed E-state index contributed by atoms with van der Waals surface area (Å²) in [6.45, 7) is 2.60. The van der Waals surface area contributed by atoms with E-state index in [4.69, 9.17) is 4.74 Å². The SMILES string of the molecule is CCOc1ccc(-n2c(Cc3ccccc3)nnc2SCc2ccc(F)cc2)cc1. The Balaban J connectivity index is 1.64. The molecule has 152 valence electrons. The number of hydrogen-bond donors (Lipinski definition) is 0. The van der Waals surface area contributed by atoms with Crippen molar-refractivity contribution in [2.45, 2.75) is 24.3 Å². The van der Waals surface area contributed by atoms with Crippen molar-refractivity contribution in [3.05, 3.63) is 102 Å². The second-order valence-electron chi connectivity index (χ2n) is 6.74. The Morgan fingerprint density at radius 2 is 1.60 bits per heavy atom. The van der Waals surface area contributed by atoms with E-state index in [1.807, 2.05) is 49.4 Å². The van der Waals surface area contributed by atoms with Crippen LogP contribution in [0.1, 0.15) is 23.9 Å². The lowest BCUT2D eigenvalue weighted by molar-refractivity contribution is 0.340. The third-order valence-electron chi connectivity index (χ3n) is 4.59. The molecule has 0 fully saturated rings. The lowest BCUT2D eigenvalue weighted by Crippen LogP contribution is -2.04. The molecule has 3 aromatic carbocycles. The van der Waals surface area contributed by atoms with Crippen LogP contribution in [0.4, 0.5) is 4.39 Å². The Bertz CT molecular complexity index is 1080. The molecule has 0 radical (unpaired) electrons. The molecular weight excluding hydrogens is 397 g/mol. The number of benzene rings is 3. The molecule has 0 N–H and O–H groups in total. The van der Waals surface area contributed by atoms with Gasteiger partial charge in [-0.25, -0.2) is 4.39 Å². The van der Waals surface area contributed by atoms with Crippen molar-refractivity contribution in [2.24, 2.45) is 0 Å². The van der Waals surface area contributed by atoms with E-state index in [9.17, 15) is 4.39 Å². The van der Waals surface area contributed by atoms with E-state index in [2.05, 4.69) is 26.9 Å². The van der Waals surface area contributed by atoms with Crippen LogP contribution in [0.2, 0.25) is 0 Å². The van der Waals surface area contributed by atoms with Gasteiger partial charge in [-0.2, -0.15) is 0 Å². The summed E-state index contributed by atoms with van der Waals surface area (Å²) in [7, 11) is 0. The van der Waals surface area contributed by atoms with Crippen molar-refractivity contribution in [2.75, 3.05) is 6.61 Å². The number of aromatic nitrogens is 3. The highest BCUT2D eigenvalue weighted by Crippen LogP contribution is 2.27. The van der Waals surface area contributed by atoms with Gasteiger partial charge in [0.25, 0.3) is 0 Å². The number of thioether (sulfide) groups is 1. The lowest BCUT2D eigenvalue weighted by Gasteiger charge is -2.11. The van der Waals surface area contributed by atoms with E-state index in [0.29, 0.717) is 18.8 Å². The number of halogens is 1. The molecule has 0 unspecified atom stereocenters. The fourth-order valence-corrected chi connectivity index (χ4v) is 4.06. The van der Waals surface area contributed by atoms with Crippen LogP contribution >= 0.6 is 11.8 Å². The molecule has 4 nitrogen and oxygen atoms in total. The minimum Gasteiger partial charge on any atom is -0.494 e. The normalized spacial score (nSPS) is 10.9.